The molecular formula is C22H26FN2O+. The van der Waals surface area contributed by atoms with E-state index in [9.17, 15) is 9.18 Å². The van der Waals surface area contributed by atoms with E-state index in [0.717, 1.165) is 51.0 Å². The largest absolute Gasteiger partial charge is 0.338 e. The number of hydrogen-bond donors (Lipinski definition) is 1. The van der Waals surface area contributed by atoms with Crippen LogP contribution in [-0.2, 0) is 24.3 Å². The Kier molecular flexibility index (Phi) is 5.02. The van der Waals surface area contributed by atoms with Gasteiger partial charge in [0.1, 0.15) is 12.4 Å². The lowest BCUT2D eigenvalue weighted by atomic mass is 9.93. The minimum atomic E-state index is -0.138. The molecule has 1 fully saturated rings. The number of quaternary nitrogens is 1. The molecule has 4 rings (SSSR count). The van der Waals surface area contributed by atoms with E-state index in [1.807, 2.05) is 23.1 Å². The van der Waals surface area contributed by atoms with Crippen molar-refractivity contribution in [2.75, 3.05) is 19.6 Å². The van der Waals surface area contributed by atoms with Crippen molar-refractivity contribution in [1.82, 2.24) is 4.90 Å². The highest BCUT2D eigenvalue weighted by Crippen LogP contribution is 2.21. The van der Waals surface area contributed by atoms with Crippen molar-refractivity contribution < 1.29 is 14.1 Å². The van der Waals surface area contributed by atoms with Crippen molar-refractivity contribution >= 4 is 5.91 Å². The average molecular weight is 353 g/mol. The topological polar surface area (TPSA) is 24.8 Å². The fourth-order valence-corrected chi connectivity index (χ4v) is 4.38. The van der Waals surface area contributed by atoms with E-state index in [0.29, 0.717) is 6.54 Å². The SMILES string of the molecule is O=C([C@@H]1CCC[NH+](Cc2ccccc2F)C1)N1CCc2ccccc2C1. The van der Waals surface area contributed by atoms with Crippen LogP contribution < -0.4 is 4.90 Å². The van der Waals surface area contributed by atoms with Crippen LogP contribution in [0.1, 0.15) is 29.5 Å². The maximum atomic E-state index is 13.9. The van der Waals surface area contributed by atoms with Gasteiger partial charge in [-0.25, -0.2) is 4.39 Å². The van der Waals surface area contributed by atoms with E-state index in [1.54, 1.807) is 6.07 Å². The number of rotatable bonds is 3. The van der Waals surface area contributed by atoms with Crippen molar-refractivity contribution in [2.45, 2.75) is 32.4 Å². The quantitative estimate of drug-likeness (QED) is 0.899. The maximum Gasteiger partial charge on any atom is 0.231 e. The van der Waals surface area contributed by atoms with Crippen LogP contribution in [0.5, 0.6) is 0 Å². The molecule has 136 valence electrons. The zero-order valence-electron chi connectivity index (χ0n) is 15.1. The minimum absolute atomic E-state index is 0.0655. The molecular weight excluding hydrogens is 327 g/mol. The summed E-state index contributed by atoms with van der Waals surface area (Å²) in [6.45, 7) is 4.04. The van der Waals surface area contributed by atoms with Crippen LogP contribution in [0.4, 0.5) is 4.39 Å². The number of nitrogens with one attached hydrogen (secondary N) is 1. The fraction of sp³-hybridized carbons (Fsp3) is 0.409. The Morgan fingerprint density at radius 2 is 1.88 bits per heavy atom. The Morgan fingerprint density at radius 1 is 1.12 bits per heavy atom. The molecule has 2 heterocycles. The van der Waals surface area contributed by atoms with Gasteiger partial charge >= 0.3 is 0 Å². The van der Waals surface area contributed by atoms with Crippen LogP contribution in [0, 0.1) is 11.7 Å². The molecule has 1 unspecified atom stereocenters. The molecule has 1 saturated heterocycles. The van der Waals surface area contributed by atoms with Gasteiger partial charge in [0.2, 0.25) is 5.91 Å². The van der Waals surface area contributed by atoms with E-state index in [2.05, 4.69) is 18.2 Å². The lowest BCUT2D eigenvalue weighted by molar-refractivity contribution is -0.921. The highest BCUT2D eigenvalue weighted by atomic mass is 19.1. The summed E-state index contributed by atoms with van der Waals surface area (Å²) < 4.78 is 13.9. The number of carbonyl (C=O) groups excluding carboxylic acids is 1. The molecule has 0 bridgehead atoms. The molecule has 2 aromatic rings. The van der Waals surface area contributed by atoms with Gasteiger partial charge in [0.05, 0.1) is 19.0 Å². The normalized spacial score (nSPS) is 22.7. The molecule has 2 aromatic carbocycles. The number of amides is 1. The van der Waals surface area contributed by atoms with Crippen molar-refractivity contribution in [3.63, 3.8) is 0 Å². The molecule has 0 spiro atoms. The highest BCUT2D eigenvalue weighted by molar-refractivity contribution is 5.79. The van der Waals surface area contributed by atoms with E-state index < -0.39 is 0 Å². The summed E-state index contributed by atoms with van der Waals surface area (Å²) in [5.74, 6) is 0.210. The summed E-state index contributed by atoms with van der Waals surface area (Å²) in [5.41, 5.74) is 3.40. The summed E-state index contributed by atoms with van der Waals surface area (Å²) in [7, 11) is 0. The molecule has 26 heavy (non-hydrogen) atoms. The standard InChI is InChI=1S/C22H25FN2O/c23-21-10-4-3-8-19(21)14-24-12-5-9-20(15-24)22(26)25-13-11-17-6-1-2-7-18(17)16-25/h1-4,6-8,10,20H,5,9,11-16H2/p+1/t20-/m1/s1. The number of halogens is 1. The lowest BCUT2D eigenvalue weighted by Gasteiger charge is -2.35. The minimum Gasteiger partial charge on any atom is -0.338 e. The summed E-state index contributed by atoms with van der Waals surface area (Å²) in [4.78, 5) is 16.4. The third kappa shape index (κ3) is 3.65. The first-order valence-electron chi connectivity index (χ1n) is 9.63. The van der Waals surface area contributed by atoms with Crippen LogP contribution in [0.25, 0.3) is 0 Å². The van der Waals surface area contributed by atoms with Gasteiger partial charge in [-0.1, -0.05) is 42.5 Å². The maximum absolute atomic E-state index is 13.9. The third-order valence-corrected chi connectivity index (χ3v) is 5.81. The van der Waals surface area contributed by atoms with E-state index in [-0.39, 0.29) is 17.6 Å². The van der Waals surface area contributed by atoms with Crippen LogP contribution in [0.2, 0.25) is 0 Å². The third-order valence-electron chi connectivity index (χ3n) is 5.81. The molecule has 2 aliphatic rings. The number of fused-ring (bicyclic) bond motifs is 1. The highest BCUT2D eigenvalue weighted by Gasteiger charge is 2.33. The second kappa shape index (κ2) is 7.58. The van der Waals surface area contributed by atoms with Gasteiger partial charge < -0.3 is 9.80 Å². The summed E-state index contributed by atoms with van der Waals surface area (Å²) in [6, 6.07) is 15.4. The van der Waals surface area contributed by atoms with Crippen molar-refractivity contribution in [1.29, 1.82) is 0 Å². The Balaban J connectivity index is 1.40. The van der Waals surface area contributed by atoms with Crippen molar-refractivity contribution in [3.05, 3.63) is 71.0 Å². The second-order valence-electron chi connectivity index (χ2n) is 7.59. The van der Waals surface area contributed by atoms with Gasteiger partial charge in [-0.05, 0) is 36.5 Å². The smallest absolute Gasteiger partial charge is 0.231 e. The molecule has 0 aliphatic carbocycles. The van der Waals surface area contributed by atoms with E-state index in [4.69, 9.17) is 0 Å². The zero-order chi connectivity index (χ0) is 17.9. The van der Waals surface area contributed by atoms with Gasteiger partial charge in [-0.2, -0.15) is 0 Å². The second-order valence-corrected chi connectivity index (χ2v) is 7.59. The number of likely N-dealkylation sites (tertiary alicyclic amines) is 1. The molecule has 3 nitrogen and oxygen atoms in total. The Morgan fingerprint density at radius 3 is 2.73 bits per heavy atom. The van der Waals surface area contributed by atoms with Gasteiger partial charge in [0, 0.05) is 18.7 Å². The summed E-state index contributed by atoms with van der Waals surface area (Å²) >= 11 is 0. The molecule has 1 N–H and O–H groups in total. The first kappa shape index (κ1) is 17.2. The number of benzene rings is 2. The summed E-state index contributed by atoms with van der Waals surface area (Å²) in [6.07, 6.45) is 2.93. The van der Waals surface area contributed by atoms with Gasteiger partial charge in [0.25, 0.3) is 0 Å². The van der Waals surface area contributed by atoms with Gasteiger partial charge in [-0.3, -0.25) is 4.79 Å². The lowest BCUT2D eigenvalue weighted by Crippen LogP contribution is -3.12. The monoisotopic (exact) mass is 353 g/mol. The molecule has 2 atom stereocenters. The van der Waals surface area contributed by atoms with Gasteiger partial charge in [0.15, 0.2) is 0 Å². The first-order valence-corrected chi connectivity index (χ1v) is 9.63. The predicted octanol–water partition coefficient (Wildman–Crippen LogP) is 2.21. The molecule has 2 aliphatic heterocycles. The van der Waals surface area contributed by atoms with Crippen molar-refractivity contribution in [3.8, 4) is 0 Å². The van der Waals surface area contributed by atoms with Crippen LogP contribution in [-0.4, -0.2) is 30.4 Å². The number of nitrogens with zero attached hydrogens (tertiary/aromatic N) is 1. The molecule has 0 radical (unpaired) electrons. The average Bonchev–Trinajstić information content (AvgIpc) is 2.69. The Labute approximate surface area is 154 Å². The van der Waals surface area contributed by atoms with Gasteiger partial charge in [-0.15, -0.1) is 0 Å². The molecule has 1 amide bonds. The summed E-state index contributed by atoms with van der Waals surface area (Å²) in [5, 5.41) is 0. The first-order chi connectivity index (χ1) is 12.7. The number of carbonyl (C=O) groups is 1. The van der Waals surface area contributed by atoms with Crippen molar-refractivity contribution in [2.24, 2.45) is 5.92 Å². The molecule has 0 saturated carbocycles. The zero-order valence-corrected chi connectivity index (χ0v) is 15.1. The van der Waals surface area contributed by atoms with Crippen LogP contribution in [0.3, 0.4) is 0 Å². The van der Waals surface area contributed by atoms with Crippen LogP contribution in [0.15, 0.2) is 48.5 Å². The fourth-order valence-electron chi connectivity index (χ4n) is 4.38. The number of hydrogen-bond acceptors (Lipinski definition) is 1. The predicted molar refractivity (Wildman–Crippen MR) is 99.1 cm³/mol. The van der Waals surface area contributed by atoms with E-state index >= 15 is 0 Å². The Hall–Kier alpha value is -2.20. The van der Waals surface area contributed by atoms with E-state index in [1.165, 1.54) is 22.1 Å². The Bertz CT molecular complexity index is 791. The molecule has 0 aromatic heterocycles. The number of piperidine rings is 1. The van der Waals surface area contributed by atoms with Crippen LogP contribution >= 0.6 is 0 Å². The molecule has 4 heteroatoms.